The van der Waals surface area contributed by atoms with E-state index in [1.807, 2.05) is 31.2 Å². The van der Waals surface area contributed by atoms with Crippen molar-refractivity contribution in [1.29, 1.82) is 0 Å². The lowest BCUT2D eigenvalue weighted by molar-refractivity contribution is -0.115. The predicted molar refractivity (Wildman–Crippen MR) is 70.8 cm³/mol. The Bertz CT molecular complexity index is 330. The van der Waals surface area contributed by atoms with Crippen LogP contribution in [0, 0.1) is 3.57 Å². The molecule has 0 spiro atoms. The number of halogens is 2. The summed E-state index contributed by atoms with van der Waals surface area (Å²) in [6, 6.07) is 7.72. The number of amides is 1. The molecule has 14 heavy (non-hydrogen) atoms. The van der Waals surface area contributed by atoms with E-state index in [2.05, 4.69) is 43.8 Å². The minimum absolute atomic E-state index is 0.0108. The molecule has 0 aromatic heterocycles. The minimum Gasteiger partial charge on any atom is -0.324 e. The summed E-state index contributed by atoms with van der Waals surface area (Å²) >= 11 is 5.51. The Balaban J connectivity index is 2.70. The summed E-state index contributed by atoms with van der Waals surface area (Å²) in [6.45, 7) is 1.97. The quantitative estimate of drug-likeness (QED) is 0.643. The Hall–Kier alpha value is -0.100. The van der Waals surface area contributed by atoms with E-state index >= 15 is 0 Å². The van der Waals surface area contributed by atoms with Crippen molar-refractivity contribution >= 4 is 50.1 Å². The number of hydrogen-bond acceptors (Lipinski definition) is 1. The third kappa shape index (κ3) is 3.24. The molecule has 0 saturated carbocycles. The van der Waals surface area contributed by atoms with Gasteiger partial charge in [-0.15, -0.1) is 0 Å². The fraction of sp³-hybridized carbons (Fsp3) is 0.300. The number of alkyl halides is 1. The molecule has 0 bridgehead atoms. The number of carbonyl (C=O) groups excluding carboxylic acids is 1. The highest BCUT2D eigenvalue weighted by Crippen LogP contribution is 2.18. The molecular weight excluding hydrogens is 357 g/mol. The fourth-order valence-electron chi connectivity index (χ4n) is 0.959. The second-order valence-corrected chi connectivity index (χ2v) is 5.11. The van der Waals surface area contributed by atoms with Gasteiger partial charge in [-0.05, 0) is 41.1 Å². The maximum Gasteiger partial charge on any atom is 0.238 e. The first-order chi connectivity index (χ1) is 6.65. The smallest absolute Gasteiger partial charge is 0.238 e. The van der Waals surface area contributed by atoms with Crippen LogP contribution in [0.1, 0.15) is 13.3 Å². The highest BCUT2D eigenvalue weighted by atomic mass is 127. The van der Waals surface area contributed by atoms with Crippen LogP contribution < -0.4 is 5.32 Å². The van der Waals surface area contributed by atoms with E-state index < -0.39 is 0 Å². The normalized spacial score (nSPS) is 12.2. The van der Waals surface area contributed by atoms with Crippen LogP contribution in [0.4, 0.5) is 5.69 Å². The van der Waals surface area contributed by atoms with Crippen LogP contribution in [0.5, 0.6) is 0 Å². The van der Waals surface area contributed by atoms with Crippen LogP contribution in [-0.2, 0) is 4.79 Å². The molecule has 1 amide bonds. The molecule has 0 radical (unpaired) electrons. The molecule has 76 valence electrons. The van der Waals surface area contributed by atoms with Crippen molar-refractivity contribution in [2.75, 3.05) is 5.32 Å². The maximum absolute atomic E-state index is 11.5. The van der Waals surface area contributed by atoms with Crippen molar-refractivity contribution in [1.82, 2.24) is 0 Å². The molecular formula is C10H11BrINO. The van der Waals surface area contributed by atoms with Gasteiger partial charge < -0.3 is 5.32 Å². The van der Waals surface area contributed by atoms with E-state index in [1.54, 1.807) is 0 Å². The van der Waals surface area contributed by atoms with Crippen LogP contribution in [0.25, 0.3) is 0 Å². The zero-order valence-corrected chi connectivity index (χ0v) is 11.5. The van der Waals surface area contributed by atoms with Gasteiger partial charge in [-0.25, -0.2) is 0 Å². The maximum atomic E-state index is 11.5. The van der Waals surface area contributed by atoms with Gasteiger partial charge in [-0.2, -0.15) is 0 Å². The van der Waals surface area contributed by atoms with Crippen molar-refractivity contribution in [3.05, 3.63) is 27.8 Å². The van der Waals surface area contributed by atoms with Crippen molar-refractivity contribution in [2.24, 2.45) is 0 Å². The summed E-state index contributed by atoms with van der Waals surface area (Å²) in [5.74, 6) is 0.0108. The predicted octanol–water partition coefficient (Wildman–Crippen LogP) is 3.40. The number of benzene rings is 1. The van der Waals surface area contributed by atoms with Gasteiger partial charge in [0.2, 0.25) is 5.91 Å². The summed E-state index contributed by atoms with van der Waals surface area (Å²) in [7, 11) is 0. The van der Waals surface area contributed by atoms with E-state index in [4.69, 9.17) is 0 Å². The number of anilines is 1. The van der Waals surface area contributed by atoms with Crippen LogP contribution >= 0.6 is 38.5 Å². The molecule has 0 heterocycles. The van der Waals surface area contributed by atoms with Gasteiger partial charge in [0.15, 0.2) is 0 Å². The lowest BCUT2D eigenvalue weighted by Crippen LogP contribution is -2.22. The first-order valence-corrected chi connectivity index (χ1v) is 6.34. The van der Waals surface area contributed by atoms with Crippen LogP contribution in [0.2, 0.25) is 0 Å². The van der Waals surface area contributed by atoms with Crippen molar-refractivity contribution in [3.63, 3.8) is 0 Å². The average molecular weight is 368 g/mol. The van der Waals surface area contributed by atoms with Crippen LogP contribution in [0.3, 0.4) is 0 Å². The molecule has 0 fully saturated rings. The second-order valence-electron chi connectivity index (χ2n) is 2.84. The average Bonchev–Trinajstić information content (AvgIpc) is 2.20. The van der Waals surface area contributed by atoms with Crippen molar-refractivity contribution in [2.45, 2.75) is 18.2 Å². The number of hydrogen-bond donors (Lipinski definition) is 1. The minimum atomic E-state index is -0.112. The Labute approximate surface area is 106 Å². The van der Waals surface area contributed by atoms with Crippen molar-refractivity contribution in [3.8, 4) is 0 Å². The third-order valence-corrected chi connectivity index (χ3v) is 3.78. The van der Waals surface area contributed by atoms with E-state index in [0.717, 1.165) is 15.7 Å². The summed E-state index contributed by atoms with van der Waals surface area (Å²) in [5, 5.41) is 2.87. The zero-order chi connectivity index (χ0) is 10.6. The van der Waals surface area contributed by atoms with Crippen LogP contribution in [-0.4, -0.2) is 10.7 Å². The first kappa shape index (κ1) is 12.0. The fourth-order valence-corrected chi connectivity index (χ4v) is 1.60. The zero-order valence-electron chi connectivity index (χ0n) is 7.76. The molecule has 1 rings (SSSR count). The molecule has 0 aliphatic carbocycles. The van der Waals surface area contributed by atoms with E-state index in [0.29, 0.717) is 0 Å². The monoisotopic (exact) mass is 367 g/mol. The Morgan fingerprint density at radius 1 is 1.57 bits per heavy atom. The summed E-state index contributed by atoms with van der Waals surface area (Å²) < 4.78 is 1.05. The molecule has 4 heteroatoms. The summed E-state index contributed by atoms with van der Waals surface area (Å²) in [5.41, 5.74) is 0.871. The lowest BCUT2D eigenvalue weighted by Gasteiger charge is -2.09. The third-order valence-electron chi connectivity index (χ3n) is 1.77. The van der Waals surface area contributed by atoms with E-state index in [1.165, 1.54) is 0 Å². The number of nitrogens with one attached hydrogen (secondary N) is 1. The van der Waals surface area contributed by atoms with Crippen LogP contribution in [0.15, 0.2) is 24.3 Å². The van der Waals surface area contributed by atoms with Gasteiger partial charge in [0.1, 0.15) is 0 Å². The molecule has 1 N–H and O–H groups in total. The highest BCUT2D eigenvalue weighted by Gasteiger charge is 2.12. The highest BCUT2D eigenvalue weighted by molar-refractivity contribution is 14.1. The molecule has 1 unspecified atom stereocenters. The Morgan fingerprint density at radius 2 is 2.21 bits per heavy atom. The molecule has 1 atom stereocenters. The SMILES string of the molecule is CCC(Br)C(=O)Nc1ccccc1I. The lowest BCUT2D eigenvalue weighted by atomic mass is 10.3. The Kier molecular flexibility index (Phi) is 4.88. The number of rotatable bonds is 3. The van der Waals surface area contributed by atoms with Gasteiger partial charge in [0.25, 0.3) is 0 Å². The summed E-state index contributed by atoms with van der Waals surface area (Å²) in [6.07, 6.45) is 0.787. The molecule has 1 aromatic rings. The largest absolute Gasteiger partial charge is 0.324 e. The first-order valence-electron chi connectivity index (χ1n) is 4.34. The molecule has 0 saturated heterocycles. The molecule has 0 aliphatic heterocycles. The van der Waals surface area contributed by atoms with Gasteiger partial charge in [-0.3, -0.25) is 4.79 Å². The van der Waals surface area contributed by atoms with Crippen molar-refractivity contribution < 1.29 is 4.79 Å². The van der Waals surface area contributed by atoms with E-state index in [9.17, 15) is 4.79 Å². The van der Waals surface area contributed by atoms with Gasteiger partial charge in [0, 0.05) is 3.57 Å². The number of carbonyl (C=O) groups is 1. The number of para-hydroxylation sites is 1. The second kappa shape index (κ2) is 5.70. The van der Waals surface area contributed by atoms with Gasteiger partial charge >= 0.3 is 0 Å². The standard InChI is InChI=1S/C10H11BrINO/c1-2-7(11)10(14)13-9-6-4-3-5-8(9)12/h3-7H,2H2,1H3,(H,13,14). The molecule has 0 aliphatic rings. The summed E-state index contributed by atoms with van der Waals surface area (Å²) in [4.78, 5) is 11.4. The Morgan fingerprint density at radius 3 is 2.79 bits per heavy atom. The molecule has 2 nitrogen and oxygen atoms in total. The topological polar surface area (TPSA) is 29.1 Å². The van der Waals surface area contributed by atoms with E-state index in [-0.39, 0.29) is 10.7 Å². The van der Waals surface area contributed by atoms with Gasteiger partial charge in [0.05, 0.1) is 10.5 Å². The molecule has 1 aromatic carbocycles. The van der Waals surface area contributed by atoms with Gasteiger partial charge in [-0.1, -0.05) is 35.0 Å².